The van der Waals surface area contributed by atoms with Gasteiger partial charge in [-0.1, -0.05) is 0 Å². The van der Waals surface area contributed by atoms with Crippen LogP contribution in [0.2, 0.25) is 0 Å². The summed E-state index contributed by atoms with van der Waals surface area (Å²) >= 11 is 0. The summed E-state index contributed by atoms with van der Waals surface area (Å²) in [6, 6.07) is 2.06. The van der Waals surface area contributed by atoms with Crippen molar-refractivity contribution in [3.63, 3.8) is 0 Å². The van der Waals surface area contributed by atoms with Gasteiger partial charge in [0, 0.05) is 6.54 Å². The van der Waals surface area contributed by atoms with Crippen LogP contribution in [0.15, 0.2) is 23.4 Å². The van der Waals surface area contributed by atoms with Gasteiger partial charge >= 0.3 is 5.97 Å². The molecule has 0 fully saturated rings. The molecule has 9 heteroatoms. The number of carbonyl (C=O) groups excluding carboxylic acids is 2. The first-order valence-corrected chi connectivity index (χ1v) is 6.95. The van der Waals surface area contributed by atoms with Crippen LogP contribution in [0, 0.1) is 11.6 Å². The monoisotopic (exact) mass is 342 g/mol. The third kappa shape index (κ3) is 3.16. The van der Waals surface area contributed by atoms with E-state index in [1.54, 1.807) is 0 Å². The van der Waals surface area contributed by atoms with Crippen molar-refractivity contribution >= 4 is 17.6 Å². The summed E-state index contributed by atoms with van der Waals surface area (Å²) < 4.78 is 37.5. The van der Waals surface area contributed by atoms with Crippen molar-refractivity contribution in [3.8, 4) is 5.75 Å². The number of methoxy groups -OCH3 is 2. The van der Waals surface area contributed by atoms with Gasteiger partial charge in [0.2, 0.25) is 0 Å². The second-order valence-electron chi connectivity index (χ2n) is 4.86. The number of esters is 1. The maximum Gasteiger partial charge on any atom is 0.337 e. The Morgan fingerprint density at radius 1 is 1.38 bits per heavy atom. The fraction of sp³-hybridized carbons (Fsp3) is 0.333. The Bertz CT molecular complexity index is 705. The molecule has 1 heterocycles. The van der Waals surface area contributed by atoms with Crippen molar-refractivity contribution in [1.82, 2.24) is 4.90 Å². The second-order valence-corrected chi connectivity index (χ2v) is 4.86. The number of aliphatic hydroxyl groups is 1. The number of hydrogen-bond donors (Lipinski definition) is 2. The number of carbonyl (C=O) groups is 2. The third-order valence-corrected chi connectivity index (χ3v) is 3.48. The molecule has 0 atom stereocenters. The van der Waals surface area contributed by atoms with Gasteiger partial charge in [0.1, 0.15) is 17.2 Å². The van der Waals surface area contributed by atoms with Crippen LogP contribution in [-0.2, 0) is 14.3 Å². The zero-order valence-corrected chi connectivity index (χ0v) is 13.1. The number of rotatable bonds is 6. The smallest absolute Gasteiger partial charge is 0.337 e. The Balaban J connectivity index is 2.45. The Morgan fingerprint density at radius 3 is 2.67 bits per heavy atom. The molecule has 0 unspecified atom stereocenters. The van der Waals surface area contributed by atoms with E-state index in [1.165, 1.54) is 7.11 Å². The van der Waals surface area contributed by atoms with Gasteiger partial charge in [-0.25, -0.2) is 13.6 Å². The van der Waals surface area contributed by atoms with Crippen LogP contribution in [0.4, 0.5) is 14.5 Å². The minimum atomic E-state index is -1.04. The molecular weight excluding hydrogens is 326 g/mol. The molecule has 1 aliphatic heterocycles. The van der Waals surface area contributed by atoms with E-state index in [1.807, 2.05) is 0 Å². The first-order valence-electron chi connectivity index (χ1n) is 6.95. The number of ether oxygens (including phenoxy) is 2. The van der Waals surface area contributed by atoms with Gasteiger partial charge in [-0.3, -0.25) is 4.79 Å². The van der Waals surface area contributed by atoms with Crippen LogP contribution in [-0.4, -0.2) is 55.8 Å². The molecule has 0 aromatic heterocycles. The van der Waals surface area contributed by atoms with E-state index in [2.05, 4.69) is 10.1 Å². The molecule has 1 amide bonds. The van der Waals surface area contributed by atoms with E-state index in [0.29, 0.717) is 0 Å². The zero-order valence-electron chi connectivity index (χ0n) is 13.1. The highest BCUT2D eigenvalue weighted by atomic mass is 19.1. The minimum Gasteiger partial charge on any atom is -0.494 e. The lowest BCUT2D eigenvalue weighted by Crippen LogP contribution is -2.31. The van der Waals surface area contributed by atoms with E-state index in [9.17, 15) is 18.4 Å². The van der Waals surface area contributed by atoms with Crippen molar-refractivity contribution in [2.24, 2.45) is 0 Å². The molecule has 0 bridgehead atoms. The van der Waals surface area contributed by atoms with E-state index in [0.717, 1.165) is 24.1 Å². The number of anilines is 1. The molecule has 7 nitrogen and oxygen atoms in total. The lowest BCUT2D eigenvalue weighted by Gasteiger charge is -2.15. The number of hydrogen-bond acceptors (Lipinski definition) is 6. The summed E-state index contributed by atoms with van der Waals surface area (Å²) in [5, 5.41) is 11.3. The van der Waals surface area contributed by atoms with E-state index < -0.39 is 29.2 Å². The van der Waals surface area contributed by atoms with E-state index >= 15 is 0 Å². The predicted molar refractivity (Wildman–Crippen MR) is 79.2 cm³/mol. The summed E-state index contributed by atoms with van der Waals surface area (Å²) in [4.78, 5) is 25.3. The lowest BCUT2D eigenvalue weighted by atomic mass is 10.2. The molecule has 1 aromatic carbocycles. The number of β-amino-alcohol motifs (C(OH)–C–C–N with tert-alkyl or cyclic N) is 1. The first kappa shape index (κ1) is 17.7. The quantitative estimate of drug-likeness (QED) is 0.738. The maximum atomic E-state index is 14.2. The van der Waals surface area contributed by atoms with Gasteiger partial charge in [0.05, 0.1) is 32.9 Å². The summed E-state index contributed by atoms with van der Waals surface area (Å²) in [5.74, 6) is -3.71. The number of nitrogens with one attached hydrogen (secondary N) is 1. The SMILES string of the molecule is COC(=O)C1=C(Nc2c(F)ccc(OC)c2F)C(=O)N(CCO)C1. The van der Waals surface area contributed by atoms with Crippen molar-refractivity contribution in [3.05, 3.63) is 35.0 Å². The molecule has 0 radical (unpaired) electrons. The highest BCUT2D eigenvalue weighted by Gasteiger charge is 2.35. The average Bonchev–Trinajstić information content (AvgIpc) is 2.87. The van der Waals surface area contributed by atoms with Gasteiger partial charge in [-0.15, -0.1) is 0 Å². The Labute approximate surface area is 136 Å². The van der Waals surface area contributed by atoms with Crippen LogP contribution in [0.25, 0.3) is 0 Å². The molecule has 0 aliphatic carbocycles. The Kier molecular flexibility index (Phi) is 5.35. The summed E-state index contributed by atoms with van der Waals surface area (Å²) in [7, 11) is 2.34. The first-order chi connectivity index (χ1) is 11.4. The molecule has 0 spiro atoms. The average molecular weight is 342 g/mol. The third-order valence-electron chi connectivity index (χ3n) is 3.48. The molecule has 130 valence electrons. The van der Waals surface area contributed by atoms with Crippen LogP contribution in [0.5, 0.6) is 5.75 Å². The van der Waals surface area contributed by atoms with Gasteiger partial charge < -0.3 is 24.8 Å². The van der Waals surface area contributed by atoms with Gasteiger partial charge in [0.25, 0.3) is 5.91 Å². The topological polar surface area (TPSA) is 88.1 Å². The molecule has 0 saturated heterocycles. The normalized spacial score (nSPS) is 14.2. The van der Waals surface area contributed by atoms with Gasteiger partial charge in [0.15, 0.2) is 11.6 Å². The fourth-order valence-corrected chi connectivity index (χ4v) is 2.28. The van der Waals surface area contributed by atoms with Crippen molar-refractivity contribution in [1.29, 1.82) is 0 Å². The Morgan fingerprint density at radius 2 is 2.08 bits per heavy atom. The van der Waals surface area contributed by atoms with Gasteiger partial charge in [-0.05, 0) is 12.1 Å². The highest BCUT2D eigenvalue weighted by Crippen LogP contribution is 2.30. The largest absolute Gasteiger partial charge is 0.494 e. The standard InChI is InChI=1S/C15H16F2N2O5/c1-23-10-4-3-9(16)13(11(10)17)18-12-8(15(22)24-2)7-19(5-6-20)14(12)21/h3-4,18,20H,5-7H2,1-2H3. The molecule has 2 N–H and O–H groups in total. The molecular formula is C15H16F2N2O5. The molecule has 0 saturated carbocycles. The zero-order chi connectivity index (χ0) is 17.9. The van der Waals surface area contributed by atoms with Crippen LogP contribution in [0.3, 0.4) is 0 Å². The number of nitrogens with zero attached hydrogens (tertiary/aromatic N) is 1. The van der Waals surface area contributed by atoms with E-state index in [-0.39, 0.29) is 36.7 Å². The summed E-state index contributed by atoms with van der Waals surface area (Å²) in [6.07, 6.45) is 0. The van der Waals surface area contributed by atoms with Crippen LogP contribution >= 0.6 is 0 Å². The second kappa shape index (κ2) is 7.26. The van der Waals surface area contributed by atoms with E-state index in [4.69, 9.17) is 9.84 Å². The maximum absolute atomic E-state index is 14.2. The van der Waals surface area contributed by atoms with Gasteiger partial charge in [-0.2, -0.15) is 0 Å². The minimum absolute atomic E-state index is 0.0341. The lowest BCUT2D eigenvalue weighted by molar-refractivity contribution is -0.136. The summed E-state index contributed by atoms with van der Waals surface area (Å²) in [6.45, 7) is -0.495. The van der Waals surface area contributed by atoms with Crippen molar-refractivity contribution in [2.75, 3.05) is 39.2 Å². The molecule has 24 heavy (non-hydrogen) atoms. The highest BCUT2D eigenvalue weighted by molar-refractivity contribution is 6.08. The van der Waals surface area contributed by atoms with Crippen LogP contribution < -0.4 is 10.1 Å². The number of halogens is 2. The molecule has 2 rings (SSSR count). The fourth-order valence-electron chi connectivity index (χ4n) is 2.28. The predicted octanol–water partition coefficient (Wildman–Crippen LogP) is 0.647. The molecule has 1 aliphatic rings. The number of benzene rings is 1. The van der Waals surface area contributed by atoms with Crippen molar-refractivity contribution in [2.45, 2.75) is 0 Å². The van der Waals surface area contributed by atoms with Crippen molar-refractivity contribution < 1.29 is 33.0 Å². The Hall–Kier alpha value is -2.68. The molecule has 1 aromatic rings. The van der Waals surface area contributed by atoms with Crippen LogP contribution in [0.1, 0.15) is 0 Å². The number of aliphatic hydroxyl groups excluding tert-OH is 1. The summed E-state index contributed by atoms with van der Waals surface area (Å²) in [5.41, 5.74) is -1.01. The number of amides is 1.